The Labute approximate surface area is 124 Å². The molecule has 2 heteroatoms. The lowest BCUT2D eigenvalue weighted by Gasteiger charge is -2.55. The molecule has 3 rings (SSSR count). The molecule has 1 spiro atoms. The van der Waals surface area contributed by atoms with E-state index in [2.05, 4.69) is 13.8 Å². The molecule has 2 aliphatic carbocycles. The van der Waals surface area contributed by atoms with Crippen molar-refractivity contribution in [2.45, 2.75) is 95.7 Å². The molecular formula is C18H32O2. The summed E-state index contributed by atoms with van der Waals surface area (Å²) >= 11 is 0. The van der Waals surface area contributed by atoms with Gasteiger partial charge in [-0.2, -0.15) is 0 Å². The Balaban J connectivity index is 1.78. The van der Waals surface area contributed by atoms with Crippen molar-refractivity contribution in [1.82, 2.24) is 0 Å². The van der Waals surface area contributed by atoms with Crippen LogP contribution in [-0.2, 0) is 4.74 Å². The van der Waals surface area contributed by atoms with Crippen molar-refractivity contribution >= 4 is 0 Å². The summed E-state index contributed by atoms with van der Waals surface area (Å²) in [6.07, 6.45) is 13.3. The summed E-state index contributed by atoms with van der Waals surface area (Å²) in [7, 11) is 0. The second kappa shape index (κ2) is 5.28. The lowest BCUT2D eigenvalue weighted by Crippen LogP contribution is -2.57. The Morgan fingerprint density at radius 1 is 0.900 bits per heavy atom. The molecule has 3 aliphatic rings. The van der Waals surface area contributed by atoms with Crippen LogP contribution in [0.15, 0.2) is 0 Å². The van der Waals surface area contributed by atoms with Crippen LogP contribution in [0.4, 0.5) is 0 Å². The molecule has 0 aromatic rings. The molecule has 2 atom stereocenters. The first-order chi connectivity index (χ1) is 9.48. The van der Waals surface area contributed by atoms with Crippen LogP contribution >= 0.6 is 0 Å². The molecular weight excluding hydrogens is 248 g/mol. The van der Waals surface area contributed by atoms with Gasteiger partial charge in [0.05, 0.1) is 11.2 Å². The lowest BCUT2D eigenvalue weighted by molar-refractivity contribution is -0.198. The molecule has 3 fully saturated rings. The Morgan fingerprint density at radius 3 is 2.25 bits per heavy atom. The Hall–Kier alpha value is -0.0800. The normalized spacial score (nSPS) is 40.6. The van der Waals surface area contributed by atoms with Gasteiger partial charge in [0.15, 0.2) is 0 Å². The highest BCUT2D eigenvalue weighted by molar-refractivity contribution is 5.04. The number of ether oxygens (including phenoxy) is 1. The molecule has 0 aromatic heterocycles. The lowest BCUT2D eigenvalue weighted by atomic mass is 9.57. The second-order valence-electron chi connectivity index (χ2n) is 8.30. The Bertz CT molecular complexity index is 338. The molecule has 116 valence electrons. The van der Waals surface area contributed by atoms with E-state index in [4.69, 9.17) is 4.74 Å². The summed E-state index contributed by atoms with van der Waals surface area (Å²) in [6, 6.07) is 0. The quantitative estimate of drug-likeness (QED) is 0.769. The van der Waals surface area contributed by atoms with E-state index in [9.17, 15) is 5.11 Å². The molecule has 1 heterocycles. The largest absolute Gasteiger partial charge is 0.389 e. The van der Waals surface area contributed by atoms with E-state index in [-0.39, 0.29) is 11.0 Å². The van der Waals surface area contributed by atoms with Gasteiger partial charge in [-0.05, 0) is 49.9 Å². The molecule has 20 heavy (non-hydrogen) atoms. The van der Waals surface area contributed by atoms with Crippen LogP contribution in [-0.4, -0.2) is 22.9 Å². The molecule has 1 aliphatic heterocycles. The van der Waals surface area contributed by atoms with Crippen molar-refractivity contribution in [3.05, 3.63) is 0 Å². The molecule has 1 N–H and O–H groups in total. The second-order valence-corrected chi connectivity index (χ2v) is 8.30. The highest BCUT2D eigenvalue weighted by Gasteiger charge is 2.53. The Kier molecular flexibility index (Phi) is 3.92. The first-order valence-electron chi connectivity index (χ1n) is 8.84. The first kappa shape index (κ1) is 14.8. The van der Waals surface area contributed by atoms with Gasteiger partial charge in [0.1, 0.15) is 0 Å². The highest BCUT2D eigenvalue weighted by atomic mass is 16.5. The minimum atomic E-state index is -0.459. The van der Waals surface area contributed by atoms with Crippen molar-refractivity contribution < 1.29 is 9.84 Å². The fourth-order valence-corrected chi connectivity index (χ4v) is 5.25. The summed E-state index contributed by atoms with van der Waals surface area (Å²) in [4.78, 5) is 0. The van der Waals surface area contributed by atoms with Gasteiger partial charge in [0.2, 0.25) is 0 Å². The van der Waals surface area contributed by atoms with Crippen LogP contribution in [0.1, 0.15) is 84.5 Å². The van der Waals surface area contributed by atoms with Gasteiger partial charge in [-0.25, -0.2) is 0 Å². The van der Waals surface area contributed by atoms with Crippen LogP contribution in [0.5, 0.6) is 0 Å². The standard InChI is InChI=1S/C18H32O2/c1-16(2)9-6-7-12-18(16,19)15-8-13-20-17(14-15)10-4-3-5-11-17/h15,19H,3-14H2,1-2H3. The fraction of sp³-hybridized carbons (Fsp3) is 1.00. The zero-order valence-electron chi connectivity index (χ0n) is 13.4. The van der Waals surface area contributed by atoms with Crippen LogP contribution < -0.4 is 0 Å². The maximum Gasteiger partial charge on any atom is 0.0728 e. The average Bonchev–Trinajstić information content (AvgIpc) is 2.43. The molecule has 0 bridgehead atoms. The van der Waals surface area contributed by atoms with Crippen molar-refractivity contribution in [2.75, 3.05) is 6.61 Å². The highest BCUT2D eigenvalue weighted by Crippen LogP contribution is 2.53. The minimum Gasteiger partial charge on any atom is -0.389 e. The van der Waals surface area contributed by atoms with E-state index in [1.54, 1.807) is 0 Å². The average molecular weight is 280 g/mol. The van der Waals surface area contributed by atoms with E-state index in [0.717, 1.165) is 25.9 Å². The van der Waals surface area contributed by atoms with Crippen molar-refractivity contribution in [3.8, 4) is 0 Å². The van der Waals surface area contributed by atoms with Crippen LogP contribution in [0, 0.1) is 11.3 Å². The van der Waals surface area contributed by atoms with Crippen molar-refractivity contribution in [2.24, 2.45) is 11.3 Å². The van der Waals surface area contributed by atoms with Gasteiger partial charge in [-0.1, -0.05) is 46.0 Å². The molecule has 1 saturated heterocycles. The maximum absolute atomic E-state index is 11.5. The summed E-state index contributed by atoms with van der Waals surface area (Å²) < 4.78 is 6.23. The van der Waals surface area contributed by atoms with Gasteiger partial charge >= 0.3 is 0 Å². The van der Waals surface area contributed by atoms with E-state index in [0.29, 0.717) is 5.92 Å². The number of rotatable bonds is 1. The number of hydrogen-bond acceptors (Lipinski definition) is 2. The van der Waals surface area contributed by atoms with Crippen LogP contribution in [0.25, 0.3) is 0 Å². The first-order valence-corrected chi connectivity index (χ1v) is 8.84. The third-order valence-electron chi connectivity index (χ3n) is 6.71. The predicted octanol–water partition coefficient (Wildman–Crippen LogP) is 4.45. The van der Waals surface area contributed by atoms with E-state index in [1.165, 1.54) is 51.4 Å². The zero-order chi connectivity index (χ0) is 14.3. The topological polar surface area (TPSA) is 29.5 Å². The van der Waals surface area contributed by atoms with Crippen LogP contribution in [0.2, 0.25) is 0 Å². The summed E-state index contributed by atoms with van der Waals surface area (Å²) in [5, 5.41) is 11.5. The molecule has 2 saturated carbocycles. The summed E-state index contributed by atoms with van der Waals surface area (Å²) in [5.41, 5.74) is -0.271. The maximum atomic E-state index is 11.5. The van der Waals surface area contributed by atoms with Gasteiger partial charge in [-0.3, -0.25) is 0 Å². The van der Waals surface area contributed by atoms with Gasteiger partial charge < -0.3 is 9.84 Å². The third kappa shape index (κ3) is 2.43. The van der Waals surface area contributed by atoms with E-state index >= 15 is 0 Å². The smallest absolute Gasteiger partial charge is 0.0728 e. The third-order valence-corrected chi connectivity index (χ3v) is 6.71. The zero-order valence-corrected chi connectivity index (χ0v) is 13.4. The number of hydrogen-bond donors (Lipinski definition) is 1. The molecule has 0 aromatic carbocycles. The van der Waals surface area contributed by atoms with Crippen LogP contribution in [0.3, 0.4) is 0 Å². The van der Waals surface area contributed by atoms with Crippen molar-refractivity contribution in [1.29, 1.82) is 0 Å². The minimum absolute atomic E-state index is 0.0725. The van der Waals surface area contributed by atoms with E-state index < -0.39 is 5.60 Å². The Morgan fingerprint density at radius 2 is 1.55 bits per heavy atom. The molecule has 2 nitrogen and oxygen atoms in total. The van der Waals surface area contributed by atoms with Gasteiger partial charge in [0, 0.05) is 6.61 Å². The summed E-state index contributed by atoms with van der Waals surface area (Å²) in [5.74, 6) is 0.449. The fourth-order valence-electron chi connectivity index (χ4n) is 5.25. The van der Waals surface area contributed by atoms with Gasteiger partial charge in [0.25, 0.3) is 0 Å². The molecule has 0 radical (unpaired) electrons. The molecule has 0 amide bonds. The van der Waals surface area contributed by atoms with Gasteiger partial charge in [-0.15, -0.1) is 0 Å². The monoisotopic (exact) mass is 280 g/mol. The predicted molar refractivity (Wildman–Crippen MR) is 81.7 cm³/mol. The number of aliphatic hydroxyl groups is 1. The molecule has 2 unspecified atom stereocenters. The summed E-state index contributed by atoms with van der Waals surface area (Å²) in [6.45, 7) is 5.44. The SMILES string of the molecule is CC1(C)CCCCC1(O)C1CCOC2(CCCCC2)C1. The van der Waals surface area contributed by atoms with Crippen molar-refractivity contribution in [3.63, 3.8) is 0 Å². The van der Waals surface area contributed by atoms with E-state index in [1.807, 2.05) is 0 Å².